The van der Waals surface area contributed by atoms with Crippen molar-refractivity contribution in [3.8, 4) is 0 Å². The van der Waals surface area contributed by atoms with Gasteiger partial charge in [0.2, 0.25) is 0 Å². The normalized spacial score (nSPS) is 21.1. The first kappa shape index (κ1) is 27.7. The van der Waals surface area contributed by atoms with Gasteiger partial charge in [0.05, 0.1) is 12.4 Å². The summed E-state index contributed by atoms with van der Waals surface area (Å²) in [5, 5.41) is 24.9. The third kappa shape index (κ3) is 5.71. The molecule has 206 valence electrons. The van der Waals surface area contributed by atoms with E-state index in [9.17, 15) is 15.0 Å². The van der Waals surface area contributed by atoms with Gasteiger partial charge in [0.1, 0.15) is 53.9 Å². The number of rotatable bonds is 10. The minimum Gasteiger partial charge on any atom is -0.499 e. The minimum absolute atomic E-state index is 0.0126. The van der Waals surface area contributed by atoms with Crippen LogP contribution in [0.2, 0.25) is 0 Å². The van der Waals surface area contributed by atoms with E-state index in [1.165, 1.54) is 28.2 Å². The van der Waals surface area contributed by atoms with Crippen LogP contribution in [0.5, 0.6) is 0 Å². The van der Waals surface area contributed by atoms with Crippen LogP contribution < -0.4 is 27.3 Å². The summed E-state index contributed by atoms with van der Waals surface area (Å²) >= 11 is 0. The van der Waals surface area contributed by atoms with Gasteiger partial charge < -0.3 is 25.4 Å². The Balaban J connectivity index is 1.28. The summed E-state index contributed by atoms with van der Waals surface area (Å²) in [6.45, 7) is 0.0126. The molecule has 0 amide bonds. The van der Waals surface area contributed by atoms with Crippen molar-refractivity contribution in [2.75, 3.05) is 18.5 Å². The van der Waals surface area contributed by atoms with E-state index in [0.29, 0.717) is 0 Å². The van der Waals surface area contributed by atoms with Crippen LogP contribution >= 0.6 is 7.26 Å². The van der Waals surface area contributed by atoms with Gasteiger partial charge >= 0.3 is 5.69 Å². The van der Waals surface area contributed by atoms with Crippen molar-refractivity contribution >= 4 is 29.0 Å². The molecule has 1 aliphatic rings. The lowest BCUT2D eigenvalue weighted by Crippen LogP contribution is -2.36. The zero-order valence-corrected chi connectivity index (χ0v) is 22.8. The standard InChI is InChI=1S/C31H32N3O5P/c32-27-18-19-34(31(37)33-27)30-29(36)28(35)26(39-30)22-38-20-10-11-21-40(23-12-4-1-5-13-23,24-14-6-2-7-15-24)25-16-8-3-9-17-25/h1-10,12-20,26,28-30,35-36H,11,21-22H2,(H-,32,33,37)/p+1/b20-10-/t26-,28-,29+,30-/m1/s1. The average molecular weight is 559 g/mol. The Kier molecular flexibility index (Phi) is 8.72. The lowest BCUT2D eigenvalue weighted by Gasteiger charge is -2.27. The number of aromatic nitrogens is 2. The maximum absolute atomic E-state index is 12.2. The zero-order chi connectivity index (χ0) is 28.0. The number of aliphatic hydroxyl groups is 2. The van der Waals surface area contributed by atoms with Crippen molar-refractivity contribution in [3.05, 3.63) is 126 Å². The predicted octanol–water partition coefficient (Wildman–Crippen LogP) is 2.36. The summed E-state index contributed by atoms with van der Waals surface area (Å²) in [5.41, 5.74) is 4.88. The van der Waals surface area contributed by atoms with Crippen LogP contribution in [-0.2, 0) is 9.47 Å². The van der Waals surface area contributed by atoms with Crippen LogP contribution in [0.3, 0.4) is 0 Å². The fraction of sp³-hybridized carbons (Fsp3) is 0.226. The first-order valence-electron chi connectivity index (χ1n) is 13.2. The number of anilines is 1. The summed E-state index contributed by atoms with van der Waals surface area (Å²) in [7, 11) is -1.94. The molecule has 1 aliphatic heterocycles. The molecule has 0 spiro atoms. The Morgan fingerprint density at radius 2 is 1.43 bits per heavy atom. The third-order valence-electron chi connectivity index (χ3n) is 7.14. The highest BCUT2D eigenvalue weighted by Gasteiger charge is 2.45. The monoisotopic (exact) mass is 558 g/mol. The van der Waals surface area contributed by atoms with Gasteiger partial charge in [-0.15, -0.1) is 0 Å². The number of nitrogens with two attached hydrogens (primary N) is 1. The lowest BCUT2D eigenvalue weighted by atomic mass is 10.1. The molecule has 3 aromatic carbocycles. The Bertz CT molecular complexity index is 1370. The van der Waals surface area contributed by atoms with E-state index < -0.39 is 37.5 Å². The molecule has 1 saturated heterocycles. The smallest absolute Gasteiger partial charge is 0.351 e. The second-order valence-electron chi connectivity index (χ2n) is 9.62. The van der Waals surface area contributed by atoms with E-state index >= 15 is 0 Å². The van der Waals surface area contributed by atoms with Crippen LogP contribution in [0.1, 0.15) is 12.6 Å². The van der Waals surface area contributed by atoms with E-state index in [2.05, 4.69) is 77.8 Å². The molecule has 0 aliphatic carbocycles. The zero-order valence-electron chi connectivity index (χ0n) is 21.9. The number of nitrogen functional groups attached to an aromatic ring is 1. The van der Waals surface area contributed by atoms with Gasteiger partial charge in [-0.05, 0) is 48.5 Å². The summed E-state index contributed by atoms with van der Waals surface area (Å²) < 4.78 is 12.6. The minimum atomic E-state index is -1.94. The van der Waals surface area contributed by atoms with E-state index in [-0.39, 0.29) is 12.4 Å². The van der Waals surface area contributed by atoms with Gasteiger partial charge in [-0.25, -0.2) is 4.79 Å². The maximum atomic E-state index is 12.2. The molecule has 4 N–H and O–H groups in total. The fourth-order valence-electron chi connectivity index (χ4n) is 5.15. The molecule has 1 aromatic heterocycles. The van der Waals surface area contributed by atoms with Crippen molar-refractivity contribution in [1.82, 2.24) is 9.55 Å². The van der Waals surface area contributed by atoms with Gasteiger partial charge in [-0.3, -0.25) is 4.57 Å². The van der Waals surface area contributed by atoms with Gasteiger partial charge in [0.25, 0.3) is 0 Å². The lowest BCUT2D eigenvalue weighted by molar-refractivity contribution is -0.0568. The van der Waals surface area contributed by atoms with Crippen molar-refractivity contribution in [2.45, 2.75) is 31.0 Å². The number of ether oxygens (including phenoxy) is 2. The van der Waals surface area contributed by atoms with Crippen LogP contribution in [0.15, 0.2) is 120 Å². The van der Waals surface area contributed by atoms with Crippen molar-refractivity contribution in [3.63, 3.8) is 0 Å². The van der Waals surface area contributed by atoms with Crippen molar-refractivity contribution < 1.29 is 19.7 Å². The van der Waals surface area contributed by atoms with Gasteiger partial charge in [0, 0.05) is 12.6 Å². The molecule has 4 atom stereocenters. The highest BCUT2D eigenvalue weighted by molar-refractivity contribution is 7.95. The Morgan fingerprint density at radius 1 is 0.875 bits per heavy atom. The summed E-state index contributed by atoms with van der Waals surface area (Å²) in [5.74, 6) is 0.0672. The van der Waals surface area contributed by atoms with E-state index in [1.54, 1.807) is 6.26 Å². The first-order valence-corrected chi connectivity index (χ1v) is 15.2. The molecule has 4 aromatic rings. The van der Waals surface area contributed by atoms with E-state index in [4.69, 9.17) is 15.2 Å². The SMILES string of the molecule is Nc1ccn([C@@H]2O[C@H](CO/C=C\CC[P+](c3ccccc3)(c3ccccc3)c3ccccc3)[C@@H](O)[C@@H]2O)c(=O)n1. The largest absolute Gasteiger partial charge is 0.499 e. The predicted molar refractivity (Wildman–Crippen MR) is 159 cm³/mol. The quantitative estimate of drug-likeness (QED) is 0.202. The van der Waals surface area contributed by atoms with Crippen molar-refractivity contribution in [1.29, 1.82) is 0 Å². The number of benzene rings is 3. The van der Waals surface area contributed by atoms with Gasteiger partial charge in [0.15, 0.2) is 6.23 Å². The summed E-state index contributed by atoms with van der Waals surface area (Å²) in [6.07, 6.45) is 2.20. The molecule has 8 nitrogen and oxygen atoms in total. The van der Waals surface area contributed by atoms with Crippen LogP contribution in [-0.4, -0.2) is 50.8 Å². The molecule has 0 saturated carbocycles. The fourth-order valence-corrected chi connectivity index (χ4v) is 9.40. The van der Waals surface area contributed by atoms with Crippen molar-refractivity contribution in [2.24, 2.45) is 0 Å². The molecule has 9 heteroatoms. The molecule has 40 heavy (non-hydrogen) atoms. The summed E-state index contributed by atoms with van der Waals surface area (Å²) in [6, 6.07) is 33.4. The second-order valence-corrected chi connectivity index (χ2v) is 13.2. The average Bonchev–Trinajstić information content (AvgIpc) is 3.27. The van der Waals surface area contributed by atoms with Gasteiger partial charge in [-0.2, -0.15) is 4.98 Å². The topological polar surface area (TPSA) is 120 Å². The van der Waals surface area contributed by atoms with Crippen LogP contribution in [0.25, 0.3) is 0 Å². The number of nitrogens with zero attached hydrogens (tertiary/aromatic N) is 2. The van der Waals surface area contributed by atoms with E-state index in [1.807, 2.05) is 24.3 Å². The molecule has 5 rings (SSSR count). The highest BCUT2D eigenvalue weighted by Crippen LogP contribution is 2.55. The second kappa shape index (κ2) is 12.6. The number of hydrogen-bond donors (Lipinski definition) is 3. The summed E-state index contributed by atoms with van der Waals surface area (Å²) in [4.78, 5) is 15.8. The molecular formula is C31H33N3O5P+. The molecule has 0 bridgehead atoms. The Morgan fingerprint density at radius 3 is 1.95 bits per heavy atom. The Hall–Kier alpha value is -3.81. The maximum Gasteiger partial charge on any atom is 0.351 e. The molecule has 1 fully saturated rings. The molecule has 2 heterocycles. The number of allylic oxidation sites excluding steroid dienone is 1. The van der Waals surface area contributed by atoms with Crippen LogP contribution in [0, 0.1) is 0 Å². The number of hydrogen-bond acceptors (Lipinski definition) is 7. The molecular weight excluding hydrogens is 525 g/mol. The molecule has 0 unspecified atom stereocenters. The van der Waals surface area contributed by atoms with Crippen LogP contribution in [0.4, 0.5) is 5.82 Å². The number of aliphatic hydroxyl groups excluding tert-OH is 2. The van der Waals surface area contributed by atoms with Gasteiger partial charge in [-0.1, -0.05) is 54.6 Å². The third-order valence-corrected chi connectivity index (χ3v) is 11.6. The Labute approximate surface area is 233 Å². The van der Waals surface area contributed by atoms with E-state index in [0.717, 1.165) is 17.1 Å². The highest BCUT2D eigenvalue weighted by atomic mass is 31.2. The molecule has 0 radical (unpaired) electrons. The first-order chi connectivity index (χ1) is 19.5.